The number of primary amides is 1. The van der Waals surface area contributed by atoms with Crippen LogP contribution in [-0.2, 0) is 6.54 Å². The maximum absolute atomic E-state index is 11.0. The van der Waals surface area contributed by atoms with E-state index in [2.05, 4.69) is 12.2 Å². The molecular formula is C17H26N2O2. The fraction of sp³-hybridized carbons (Fsp3) is 0.588. The van der Waals surface area contributed by atoms with Crippen LogP contribution in [0.2, 0.25) is 0 Å². The molecule has 4 N–H and O–H groups in total. The first-order valence-corrected chi connectivity index (χ1v) is 7.84. The maximum Gasteiger partial charge on any atom is 0.248 e. The van der Waals surface area contributed by atoms with Crippen LogP contribution >= 0.6 is 0 Å². The van der Waals surface area contributed by atoms with Gasteiger partial charge in [0.15, 0.2) is 0 Å². The zero-order chi connectivity index (χ0) is 15.3. The van der Waals surface area contributed by atoms with Gasteiger partial charge in [0.2, 0.25) is 5.91 Å². The topological polar surface area (TPSA) is 75.3 Å². The Morgan fingerprint density at radius 2 is 1.95 bits per heavy atom. The fourth-order valence-electron chi connectivity index (χ4n) is 3.03. The number of carbonyl (C=O) groups is 1. The van der Waals surface area contributed by atoms with E-state index in [1.807, 2.05) is 12.1 Å². The zero-order valence-corrected chi connectivity index (χ0v) is 12.8. The molecule has 0 heterocycles. The monoisotopic (exact) mass is 290 g/mol. The Labute approximate surface area is 126 Å². The molecule has 1 aliphatic rings. The van der Waals surface area contributed by atoms with E-state index in [1.54, 1.807) is 12.1 Å². The number of aliphatic hydroxyl groups is 1. The lowest BCUT2D eigenvalue weighted by Gasteiger charge is -2.36. The highest BCUT2D eigenvalue weighted by molar-refractivity contribution is 5.92. The molecule has 2 rings (SSSR count). The van der Waals surface area contributed by atoms with Crippen LogP contribution in [0, 0.1) is 5.92 Å². The van der Waals surface area contributed by atoms with Gasteiger partial charge in [0.1, 0.15) is 0 Å². The van der Waals surface area contributed by atoms with Crippen molar-refractivity contribution in [2.24, 2.45) is 11.7 Å². The van der Waals surface area contributed by atoms with Crippen molar-refractivity contribution in [1.82, 2.24) is 5.32 Å². The van der Waals surface area contributed by atoms with Crippen LogP contribution < -0.4 is 11.1 Å². The summed E-state index contributed by atoms with van der Waals surface area (Å²) in [5.41, 5.74) is 6.27. The SMILES string of the molecule is CCC1CCC(O)(CNCc2ccc(C(N)=O)cc2)CC1. The van der Waals surface area contributed by atoms with Gasteiger partial charge in [-0.15, -0.1) is 0 Å². The van der Waals surface area contributed by atoms with Crippen molar-refractivity contribution in [3.05, 3.63) is 35.4 Å². The maximum atomic E-state index is 11.0. The Hall–Kier alpha value is -1.39. The molecule has 0 atom stereocenters. The molecule has 1 aromatic rings. The highest BCUT2D eigenvalue weighted by Crippen LogP contribution is 2.33. The summed E-state index contributed by atoms with van der Waals surface area (Å²) in [4.78, 5) is 11.0. The van der Waals surface area contributed by atoms with E-state index < -0.39 is 11.5 Å². The van der Waals surface area contributed by atoms with Crippen molar-refractivity contribution in [1.29, 1.82) is 0 Å². The average Bonchev–Trinajstić information content (AvgIpc) is 2.48. The number of nitrogens with one attached hydrogen (secondary N) is 1. The molecule has 116 valence electrons. The second-order valence-corrected chi connectivity index (χ2v) is 6.24. The molecule has 1 aromatic carbocycles. The van der Waals surface area contributed by atoms with E-state index in [1.165, 1.54) is 6.42 Å². The molecule has 0 spiro atoms. The third-order valence-corrected chi connectivity index (χ3v) is 4.63. The second kappa shape index (κ2) is 7.05. The molecule has 1 amide bonds. The predicted molar refractivity (Wildman–Crippen MR) is 83.9 cm³/mol. The molecule has 0 saturated heterocycles. The van der Waals surface area contributed by atoms with Gasteiger partial charge in [-0.3, -0.25) is 4.79 Å². The van der Waals surface area contributed by atoms with Gasteiger partial charge in [-0.2, -0.15) is 0 Å². The third kappa shape index (κ3) is 4.55. The van der Waals surface area contributed by atoms with Crippen molar-refractivity contribution >= 4 is 5.91 Å². The van der Waals surface area contributed by atoms with E-state index in [9.17, 15) is 9.90 Å². The average molecular weight is 290 g/mol. The number of nitrogens with two attached hydrogens (primary N) is 1. The normalized spacial score (nSPS) is 25.7. The van der Waals surface area contributed by atoms with Crippen LogP contribution in [0.5, 0.6) is 0 Å². The molecule has 21 heavy (non-hydrogen) atoms. The summed E-state index contributed by atoms with van der Waals surface area (Å²) in [6, 6.07) is 7.26. The summed E-state index contributed by atoms with van der Waals surface area (Å²) in [6.07, 6.45) is 5.25. The minimum Gasteiger partial charge on any atom is -0.389 e. The summed E-state index contributed by atoms with van der Waals surface area (Å²) in [6.45, 7) is 3.54. The molecular weight excluding hydrogens is 264 g/mol. The number of hydrogen-bond acceptors (Lipinski definition) is 3. The minimum atomic E-state index is -0.557. The van der Waals surface area contributed by atoms with Crippen molar-refractivity contribution in [2.75, 3.05) is 6.54 Å². The number of amides is 1. The largest absolute Gasteiger partial charge is 0.389 e. The summed E-state index contributed by atoms with van der Waals surface area (Å²) in [5.74, 6) is 0.378. The van der Waals surface area contributed by atoms with Crippen LogP contribution in [0.1, 0.15) is 54.9 Å². The Morgan fingerprint density at radius 1 is 1.33 bits per heavy atom. The lowest BCUT2D eigenvalue weighted by Crippen LogP contribution is -2.43. The summed E-state index contributed by atoms with van der Waals surface area (Å²) in [7, 11) is 0. The highest BCUT2D eigenvalue weighted by Gasteiger charge is 2.31. The van der Waals surface area contributed by atoms with Gasteiger partial charge in [0.25, 0.3) is 0 Å². The van der Waals surface area contributed by atoms with Gasteiger partial charge in [0.05, 0.1) is 5.60 Å². The van der Waals surface area contributed by atoms with Crippen molar-refractivity contribution in [2.45, 2.75) is 51.2 Å². The number of rotatable bonds is 6. The van der Waals surface area contributed by atoms with Gasteiger partial charge < -0.3 is 16.2 Å². The van der Waals surface area contributed by atoms with Crippen LogP contribution in [-0.4, -0.2) is 23.2 Å². The zero-order valence-electron chi connectivity index (χ0n) is 12.8. The summed E-state index contributed by atoms with van der Waals surface area (Å²) < 4.78 is 0. The summed E-state index contributed by atoms with van der Waals surface area (Å²) >= 11 is 0. The molecule has 0 radical (unpaired) electrons. The first-order chi connectivity index (χ1) is 10.0. The predicted octanol–water partition coefficient (Wildman–Crippen LogP) is 2.21. The van der Waals surface area contributed by atoms with Crippen LogP contribution in [0.25, 0.3) is 0 Å². The first kappa shape index (κ1) is 16.0. The van der Waals surface area contributed by atoms with E-state index in [-0.39, 0.29) is 0 Å². The molecule has 1 aliphatic carbocycles. The van der Waals surface area contributed by atoms with Gasteiger partial charge in [-0.25, -0.2) is 0 Å². The van der Waals surface area contributed by atoms with Crippen LogP contribution in [0.3, 0.4) is 0 Å². The Balaban J connectivity index is 1.77. The molecule has 1 fully saturated rings. The third-order valence-electron chi connectivity index (χ3n) is 4.63. The van der Waals surface area contributed by atoms with E-state index in [0.29, 0.717) is 18.7 Å². The van der Waals surface area contributed by atoms with Crippen molar-refractivity contribution in [3.8, 4) is 0 Å². The van der Waals surface area contributed by atoms with E-state index in [4.69, 9.17) is 5.73 Å². The minimum absolute atomic E-state index is 0.406. The lowest BCUT2D eigenvalue weighted by atomic mass is 9.78. The molecule has 0 bridgehead atoms. The molecule has 0 aliphatic heterocycles. The van der Waals surface area contributed by atoms with Gasteiger partial charge in [0, 0.05) is 18.7 Å². The first-order valence-electron chi connectivity index (χ1n) is 7.84. The van der Waals surface area contributed by atoms with Crippen molar-refractivity contribution < 1.29 is 9.90 Å². The highest BCUT2D eigenvalue weighted by atomic mass is 16.3. The Kier molecular flexibility index (Phi) is 5.37. The van der Waals surface area contributed by atoms with Crippen LogP contribution in [0.4, 0.5) is 0 Å². The van der Waals surface area contributed by atoms with Crippen LogP contribution in [0.15, 0.2) is 24.3 Å². The molecule has 0 unspecified atom stereocenters. The Bertz CT molecular complexity index is 462. The van der Waals surface area contributed by atoms with E-state index >= 15 is 0 Å². The smallest absolute Gasteiger partial charge is 0.248 e. The quantitative estimate of drug-likeness (QED) is 0.752. The standard InChI is InChI=1S/C17H26N2O2/c1-2-13-7-9-17(21,10-8-13)12-19-11-14-3-5-15(6-4-14)16(18)20/h3-6,13,19,21H,2,7-12H2,1H3,(H2,18,20). The van der Waals surface area contributed by atoms with Crippen molar-refractivity contribution in [3.63, 3.8) is 0 Å². The number of carbonyl (C=O) groups excluding carboxylic acids is 1. The lowest BCUT2D eigenvalue weighted by molar-refractivity contribution is -0.00881. The molecule has 1 saturated carbocycles. The molecule has 4 nitrogen and oxygen atoms in total. The Morgan fingerprint density at radius 3 is 2.48 bits per heavy atom. The summed E-state index contributed by atoms with van der Waals surface area (Å²) in [5, 5.41) is 13.9. The van der Waals surface area contributed by atoms with E-state index in [0.717, 1.165) is 37.2 Å². The van der Waals surface area contributed by atoms with Gasteiger partial charge in [-0.05, 0) is 49.3 Å². The number of hydrogen-bond donors (Lipinski definition) is 3. The number of benzene rings is 1. The fourth-order valence-corrected chi connectivity index (χ4v) is 3.03. The molecule has 0 aromatic heterocycles. The van der Waals surface area contributed by atoms with Gasteiger partial charge in [-0.1, -0.05) is 25.5 Å². The second-order valence-electron chi connectivity index (χ2n) is 6.24. The molecule has 4 heteroatoms. The van der Waals surface area contributed by atoms with Gasteiger partial charge >= 0.3 is 0 Å².